The zero-order valence-electron chi connectivity index (χ0n) is 19.6. The lowest BCUT2D eigenvalue weighted by Gasteiger charge is -2.27. The predicted molar refractivity (Wildman–Crippen MR) is 151 cm³/mol. The second-order valence-corrected chi connectivity index (χ2v) is 8.97. The van der Waals surface area contributed by atoms with Gasteiger partial charge in [0.2, 0.25) is 0 Å². The van der Waals surface area contributed by atoms with Gasteiger partial charge in [0.15, 0.2) is 0 Å². The molecule has 2 heteroatoms. The second kappa shape index (κ2) is 8.44. The Hall–Kier alpha value is -4.82. The van der Waals surface area contributed by atoms with Gasteiger partial charge in [-0.2, -0.15) is 0 Å². The topological polar surface area (TPSA) is 16.4 Å². The molecule has 1 heterocycles. The first-order valence-corrected chi connectivity index (χ1v) is 12.2. The first-order valence-electron chi connectivity index (χ1n) is 12.2. The molecule has 0 fully saturated rings. The summed E-state index contributed by atoms with van der Waals surface area (Å²) in [6.07, 6.45) is 0. The lowest BCUT2D eigenvalue weighted by Crippen LogP contribution is -2.10. The van der Waals surface area contributed by atoms with Gasteiger partial charge in [0, 0.05) is 32.9 Å². The number of para-hydroxylation sites is 2. The average Bonchev–Trinajstić information content (AvgIpc) is 3.34. The summed E-state index contributed by atoms with van der Waals surface area (Å²) in [6, 6.07) is 48.9. The second-order valence-electron chi connectivity index (χ2n) is 8.97. The molecule has 0 spiro atoms. The van der Waals surface area contributed by atoms with Crippen LogP contribution >= 0.6 is 0 Å². The molecule has 7 rings (SSSR count). The molecule has 0 unspecified atom stereocenters. The van der Waals surface area contributed by atoms with Crippen LogP contribution in [0.15, 0.2) is 144 Å². The van der Waals surface area contributed by atoms with E-state index in [0.29, 0.717) is 0 Å². The molecule has 0 amide bonds. The van der Waals surface area contributed by atoms with E-state index in [1.807, 2.05) is 0 Å². The summed E-state index contributed by atoms with van der Waals surface area (Å²) in [5, 5.41) is 4.52. The zero-order chi connectivity index (χ0) is 23.9. The van der Waals surface area contributed by atoms with Gasteiger partial charge in [-0.1, -0.05) is 103 Å². The summed E-state index contributed by atoms with van der Waals surface area (Å²) in [7, 11) is 0. The number of hydrogen-bond acceptors (Lipinski definition) is 2. The molecule has 2 nitrogen and oxygen atoms in total. The van der Waals surface area contributed by atoms with Gasteiger partial charge in [-0.25, -0.2) is 0 Å². The van der Waals surface area contributed by atoms with Crippen molar-refractivity contribution in [3.8, 4) is 11.1 Å². The van der Waals surface area contributed by atoms with E-state index in [2.05, 4.69) is 144 Å². The SMILES string of the molecule is c1ccc(-c2cccc3oc4c5ccccc5c(N(c5ccccc5)c5ccccc5)cc4c23)cc1. The van der Waals surface area contributed by atoms with Crippen molar-refractivity contribution >= 4 is 49.8 Å². The smallest absolute Gasteiger partial charge is 0.143 e. The van der Waals surface area contributed by atoms with Crippen molar-refractivity contribution in [1.82, 2.24) is 0 Å². The van der Waals surface area contributed by atoms with Crippen LogP contribution in [-0.4, -0.2) is 0 Å². The highest BCUT2D eigenvalue weighted by molar-refractivity contribution is 6.22. The molecule has 1 aromatic heterocycles. The summed E-state index contributed by atoms with van der Waals surface area (Å²) in [4.78, 5) is 2.34. The summed E-state index contributed by atoms with van der Waals surface area (Å²) in [5.41, 5.74) is 7.55. The van der Waals surface area contributed by atoms with Gasteiger partial charge in [0.05, 0.1) is 5.69 Å². The van der Waals surface area contributed by atoms with E-state index in [1.165, 1.54) is 11.1 Å². The molecule has 0 aliphatic rings. The Morgan fingerprint density at radius 2 is 1.06 bits per heavy atom. The van der Waals surface area contributed by atoms with E-state index in [9.17, 15) is 0 Å². The highest BCUT2D eigenvalue weighted by Gasteiger charge is 2.21. The number of fused-ring (bicyclic) bond motifs is 5. The number of furan rings is 1. The zero-order valence-corrected chi connectivity index (χ0v) is 19.6. The molecule has 0 N–H and O–H groups in total. The third-order valence-corrected chi connectivity index (χ3v) is 6.84. The van der Waals surface area contributed by atoms with Crippen molar-refractivity contribution in [2.45, 2.75) is 0 Å². The molecule has 0 radical (unpaired) electrons. The maximum atomic E-state index is 6.56. The lowest BCUT2D eigenvalue weighted by atomic mass is 9.97. The molecule has 7 aromatic rings. The van der Waals surface area contributed by atoms with Crippen LogP contribution in [-0.2, 0) is 0 Å². The summed E-state index contributed by atoms with van der Waals surface area (Å²) in [5.74, 6) is 0. The quantitative estimate of drug-likeness (QED) is 0.259. The van der Waals surface area contributed by atoms with Crippen molar-refractivity contribution in [1.29, 1.82) is 0 Å². The Morgan fingerprint density at radius 3 is 1.72 bits per heavy atom. The van der Waals surface area contributed by atoms with E-state index in [1.54, 1.807) is 0 Å². The van der Waals surface area contributed by atoms with E-state index in [-0.39, 0.29) is 0 Å². The van der Waals surface area contributed by atoms with Gasteiger partial charge in [0.1, 0.15) is 11.2 Å². The molecule has 0 aliphatic heterocycles. The van der Waals surface area contributed by atoms with Gasteiger partial charge < -0.3 is 9.32 Å². The van der Waals surface area contributed by atoms with Crippen molar-refractivity contribution in [3.05, 3.63) is 140 Å². The highest BCUT2D eigenvalue weighted by atomic mass is 16.3. The van der Waals surface area contributed by atoms with Gasteiger partial charge in [0.25, 0.3) is 0 Å². The van der Waals surface area contributed by atoms with Crippen LogP contribution in [0, 0.1) is 0 Å². The van der Waals surface area contributed by atoms with Crippen LogP contribution in [0.2, 0.25) is 0 Å². The Kier molecular flexibility index (Phi) is 4.82. The standard InChI is InChI=1S/C34H23NO/c1-4-13-24(14-5-1)27-21-12-22-32-33(27)30-23-31(28-19-10-11-20-29(28)34(30)36-32)35(25-15-6-2-7-16-25)26-17-8-3-9-18-26/h1-23H. The van der Waals surface area contributed by atoms with Crippen molar-refractivity contribution in [2.75, 3.05) is 4.90 Å². The summed E-state index contributed by atoms with van der Waals surface area (Å²) < 4.78 is 6.56. The van der Waals surface area contributed by atoms with E-state index >= 15 is 0 Å². The first-order chi connectivity index (χ1) is 17.9. The fourth-order valence-electron chi connectivity index (χ4n) is 5.25. The van der Waals surface area contributed by atoms with Crippen molar-refractivity contribution in [3.63, 3.8) is 0 Å². The maximum absolute atomic E-state index is 6.56. The fraction of sp³-hybridized carbons (Fsp3) is 0. The van der Waals surface area contributed by atoms with E-state index in [0.717, 1.165) is 49.8 Å². The largest absolute Gasteiger partial charge is 0.455 e. The Balaban J connectivity index is 1.62. The predicted octanol–water partition coefficient (Wildman–Crippen LogP) is 9.88. The minimum absolute atomic E-state index is 0.902. The van der Waals surface area contributed by atoms with Gasteiger partial charge in [-0.3, -0.25) is 0 Å². The third kappa shape index (κ3) is 3.27. The number of nitrogens with zero attached hydrogens (tertiary/aromatic N) is 1. The van der Waals surface area contributed by atoms with Crippen LogP contribution in [0.3, 0.4) is 0 Å². The monoisotopic (exact) mass is 461 g/mol. The van der Waals surface area contributed by atoms with Crippen molar-refractivity contribution < 1.29 is 4.42 Å². The average molecular weight is 462 g/mol. The molecular formula is C34H23NO. The molecule has 0 aliphatic carbocycles. The Morgan fingerprint density at radius 1 is 0.472 bits per heavy atom. The lowest BCUT2D eigenvalue weighted by molar-refractivity contribution is 0.673. The van der Waals surface area contributed by atoms with Crippen LogP contribution < -0.4 is 4.90 Å². The fourth-order valence-corrected chi connectivity index (χ4v) is 5.25. The van der Waals surface area contributed by atoms with Crippen LogP contribution in [0.1, 0.15) is 0 Å². The Bertz CT molecular complexity index is 1780. The summed E-state index contributed by atoms with van der Waals surface area (Å²) in [6.45, 7) is 0. The van der Waals surface area contributed by atoms with Crippen LogP contribution in [0.5, 0.6) is 0 Å². The molecular weight excluding hydrogens is 438 g/mol. The first kappa shape index (κ1) is 20.5. The normalized spacial score (nSPS) is 11.3. The number of rotatable bonds is 4. The molecule has 170 valence electrons. The van der Waals surface area contributed by atoms with Crippen LogP contribution in [0.4, 0.5) is 17.1 Å². The molecule has 36 heavy (non-hydrogen) atoms. The highest BCUT2D eigenvalue weighted by Crippen LogP contribution is 2.46. The number of anilines is 3. The van der Waals surface area contributed by atoms with E-state index in [4.69, 9.17) is 4.42 Å². The molecule has 0 bridgehead atoms. The molecule has 0 atom stereocenters. The molecule has 0 saturated heterocycles. The third-order valence-electron chi connectivity index (χ3n) is 6.84. The van der Waals surface area contributed by atoms with Crippen LogP contribution in [0.25, 0.3) is 43.8 Å². The number of hydrogen-bond donors (Lipinski definition) is 0. The summed E-state index contributed by atoms with van der Waals surface area (Å²) >= 11 is 0. The maximum Gasteiger partial charge on any atom is 0.143 e. The van der Waals surface area contributed by atoms with Gasteiger partial charge in [-0.15, -0.1) is 0 Å². The minimum Gasteiger partial charge on any atom is -0.455 e. The van der Waals surface area contributed by atoms with Gasteiger partial charge in [-0.05, 0) is 47.5 Å². The van der Waals surface area contributed by atoms with Crippen molar-refractivity contribution in [2.24, 2.45) is 0 Å². The molecule has 6 aromatic carbocycles. The molecule has 0 saturated carbocycles. The number of benzene rings is 6. The van der Waals surface area contributed by atoms with E-state index < -0.39 is 0 Å². The Labute approximate surface area is 209 Å². The van der Waals surface area contributed by atoms with Gasteiger partial charge >= 0.3 is 0 Å². The minimum atomic E-state index is 0.902.